The average molecular weight is 249 g/mol. The molecule has 2 aliphatic carbocycles. The fourth-order valence-electron chi connectivity index (χ4n) is 4.39. The molecule has 1 spiro atoms. The summed E-state index contributed by atoms with van der Waals surface area (Å²) in [4.78, 5) is 14.5. The molecule has 1 aliphatic heterocycles. The summed E-state index contributed by atoms with van der Waals surface area (Å²) in [6, 6.07) is 0. The fourth-order valence-corrected chi connectivity index (χ4v) is 4.39. The van der Waals surface area contributed by atoms with Gasteiger partial charge in [-0.25, -0.2) is 0 Å². The number of rotatable bonds is 2. The molecule has 1 saturated heterocycles. The van der Waals surface area contributed by atoms with Crippen molar-refractivity contribution in [2.24, 2.45) is 23.2 Å². The molecule has 0 atom stereocenters. The van der Waals surface area contributed by atoms with E-state index in [0.717, 1.165) is 24.9 Å². The molecule has 2 nitrogen and oxygen atoms in total. The highest BCUT2D eigenvalue weighted by Crippen LogP contribution is 2.62. The Morgan fingerprint density at radius 3 is 2.22 bits per heavy atom. The first-order chi connectivity index (χ1) is 8.60. The zero-order valence-electron chi connectivity index (χ0n) is 12.0. The number of nitrogens with zero attached hydrogens (tertiary/aromatic N) is 1. The van der Waals surface area contributed by atoms with Crippen LogP contribution in [0, 0.1) is 23.2 Å². The third kappa shape index (κ3) is 2.08. The second-order valence-electron chi connectivity index (χ2n) is 7.40. The van der Waals surface area contributed by atoms with E-state index in [1.54, 1.807) is 0 Å². The molecule has 102 valence electrons. The van der Waals surface area contributed by atoms with Crippen molar-refractivity contribution in [3.63, 3.8) is 0 Å². The van der Waals surface area contributed by atoms with Gasteiger partial charge in [-0.2, -0.15) is 0 Å². The summed E-state index contributed by atoms with van der Waals surface area (Å²) in [6.45, 7) is 6.73. The van der Waals surface area contributed by atoms with Crippen LogP contribution in [0.4, 0.5) is 0 Å². The molecule has 3 rings (SSSR count). The highest BCUT2D eigenvalue weighted by Gasteiger charge is 2.55. The Morgan fingerprint density at radius 2 is 1.67 bits per heavy atom. The fraction of sp³-hybridized carbons (Fsp3) is 0.938. The van der Waals surface area contributed by atoms with Gasteiger partial charge in [-0.3, -0.25) is 4.79 Å². The van der Waals surface area contributed by atoms with Gasteiger partial charge in [0, 0.05) is 19.0 Å². The van der Waals surface area contributed by atoms with Crippen LogP contribution in [0.1, 0.15) is 58.8 Å². The van der Waals surface area contributed by atoms with Crippen LogP contribution in [0.5, 0.6) is 0 Å². The lowest BCUT2D eigenvalue weighted by atomic mass is 9.46. The normalized spacial score (nSPS) is 39.6. The van der Waals surface area contributed by atoms with Crippen molar-refractivity contribution in [2.75, 3.05) is 13.1 Å². The lowest BCUT2D eigenvalue weighted by molar-refractivity contribution is -0.154. The van der Waals surface area contributed by atoms with Crippen molar-refractivity contribution in [1.29, 1.82) is 0 Å². The number of hydrogen-bond donors (Lipinski definition) is 0. The summed E-state index contributed by atoms with van der Waals surface area (Å²) in [5, 5.41) is 0. The third-order valence-electron chi connectivity index (χ3n) is 5.71. The lowest BCUT2D eigenvalue weighted by Gasteiger charge is -2.59. The summed E-state index contributed by atoms with van der Waals surface area (Å²) in [6.07, 6.45) is 8.95. The SMILES string of the molecule is CC(C)C1CC2(CC(C(=O)N3CCCCC3)C2)C1. The average Bonchev–Trinajstić information content (AvgIpc) is 2.25. The molecule has 0 aromatic heterocycles. The van der Waals surface area contributed by atoms with Crippen molar-refractivity contribution < 1.29 is 4.79 Å². The minimum Gasteiger partial charge on any atom is -0.342 e. The van der Waals surface area contributed by atoms with E-state index >= 15 is 0 Å². The summed E-state index contributed by atoms with van der Waals surface area (Å²) in [5.74, 6) is 2.65. The first-order valence-corrected chi connectivity index (χ1v) is 7.88. The van der Waals surface area contributed by atoms with E-state index in [1.807, 2.05) is 0 Å². The first-order valence-electron chi connectivity index (χ1n) is 7.88. The second-order valence-corrected chi connectivity index (χ2v) is 7.40. The van der Waals surface area contributed by atoms with E-state index in [2.05, 4.69) is 18.7 Å². The number of likely N-dealkylation sites (tertiary alicyclic amines) is 1. The van der Waals surface area contributed by atoms with Gasteiger partial charge in [-0.15, -0.1) is 0 Å². The van der Waals surface area contributed by atoms with Gasteiger partial charge in [0.05, 0.1) is 0 Å². The standard InChI is InChI=1S/C16H27NO/c1-12(2)13-8-16(9-13)10-14(11-16)15(18)17-6-4-3-5-7-17/h12-14H,3-11H2,1-2H3. The van der Waals surface area contributed by atoms with Gasteiger partial charge in [-0.05, 0) is 62.2 Å². The zero-order valence-corrected chi connectivity index (χ0v) is 12.0. The van der Waals surface area contributed by atoms with Gasteiger partial charge in [-0.1, -0.05) is 13.8 Å². The third-order valence-corrected chi connectivity index (χ3v) is 5.71. The monoisotopic (exact) mass is 249 g/mol. The molecule has 1 heterocycles. The predicted octanol–water partition coefficient (Wildman–Crippen LogP) is 3.46. The van der Waals surface area contributed by atoms with Crippen molar-refractivity contribution in [3.8, 4) is 0 Å². The van der Waals surface area contributed by atoms with Crippen LogP contribution in [-0.2, 0) is 4.79 Å². The van der Waals surface area contributed by atoms with Crippen LogP contribution in [0.2, 0.25) is 0 Å². The first kappa shape index (κ1) is 12.5. The second kappa shape index (κ2) is 4.54. The van der Waals surface area contributed by atoms with E-state index in [9.17, 15) is 4.79 Å². The quantitative estimate of drug-likeness (QED) is 0.734. The van der Waals surface area contributed by atoms with Crippen molar-refractivity contribution >= 4 is 5.91 Å². The maximum Gasteiger partial charge on any atom is 0.225 e. The smallest absolute Gasteiger partial charge is 0.225 e. The predicted molar refractivity (Wildman–Crippen MR) is 73.2 cm³/mol. The Bertz CT molecular complexity index is 316. The Morgan fingerprint density at radius 1 is 1.06 bits per heavy atom. The molecular weight excluding hydrogens is 222 g/mol. The molecule has 0 aromatic carbocycles. The Kier molecular flexibility index (Phi) is 3.15. The summed E-state index contributed by atoms with van der Waals surface area (Å²) >= 11 is 0. The van der Waals surface area contributed by atoms with Crippen LogP contribution in [0.15, 0.2) is 0 Å². The van der Waals surface area contributed by atoms with Crippen LogP contribution in [0.25, 0.3) is 0 Å². The molecular formula is C16H27NO. The lowest BCUT2D eigenvalue weighted by Crippen LogP contribution is -2.54. The molecule has 2 heteroatoms. The Balaban J connectivity index is 1.46. The van der Waals surface area contributed by atoms with E-state index in [4.69, 9.17) is 0 Å². The molecule has 0 bridgehead atoms. The molecule has 2 saturated carbocycles. The minimum absolute atomic E-state index is 0.385. The molecule has 3 aliphatic rings. The van der Waals surface area contributed by atoms with Gasteiger partial charge in [0.1, 0.15) is 0 Å². The highest BCUT2D eigenvalue weighted by atomic mass is 16.2. The topological polar surface area (TPSA) is 20.3 Å². The zero-order chi connectivity index (χ0) is 12.8. The number of piperidine rings is 1. The van der Waals surface area contributed by atoms with Gasteiger partial charge in [0.15, 0.2) is 0 Å². The van der Waals surface area contributed by atoms with Crippen LogP contribution in [-0.4, -0.2) is 23.9 Å². The largest absolute Gasteiger partial charge is 0.342 e. The van der Waals surface area contributed by atoms with E-state index < -0.39 is 0 Å². The van der Waals surface area contributed by atoms with Crippen LogP contribution in [0.3, 0.4) is 0 Å². The Hall–Kier alpha value is -0.530. The molecule has 1 amide bonds. The molecule has 3 fully saturated rings. The van der Waals surface area contributed by atoms with Gasteiger partial charge in [0.25, 0.3) is 0 Å². The number of amides is 1. The molecule has 0 unspecified atom stereocenters. The van der Waals surface area contributed by atoms with Crippen molar-refractivity contribution in [1.82, 2.24) is 4.90 Å². The summed E-state index contributed by atoms with van der Waals surface area (Å²) < 4.78 is 0. The maximum atomic E-state index is 12.3. The van der Waals surface area contributed by atoms with Crippen LogP contribution >= 0.6 is 0 Å². The molecule has 0 aromatic rings. The number of carbonyl (C=O) groups is 1. The maximum absolute atomic E-state index is 12.3. The van der Waals surface area contributed by atoms with Crippen molar-refractivity contribution in [2.45, 2.75) is 58.8 Å². The number of carbonyl (C=O) groups excluding carboxylic acids is 1. The molecule has 0 radical (unpaired) electrons. The highest BCUT2D eigenvalue weighted by molar-refractivity contribution is 5.80. The molecule has 18 heavy (non-hydrogen) atoms. The van der Waals surface area contributed by atoms with Gasteiger partial charge >= 0.3 is 0 Å². The van der Waals surface area contributed by atoms with E-state index in [0.29, 0.717) is 17.2 Å². The van der Waals surface area contributed by atoms with E-state index in [1.165, 1.54) is 44.9 Å². The summed E-state index contributed by atoms with van der Waals surface area (Å²) in [7, 11) is 0. The summed E-state index contributed by atoms with van der Waals surface area (Å²) in [5.41, 5.74) is 0.602. The van der Waals surface area contributed by atoms with Crippen molar-refractivity contribution in [3.05, 3.63) is 0 Å². The number of hydrogen-bond acceptors (Lipinski definition) is 1. The van der Waals surface area contributed by atoms with Gasteiger partial charge in [0.2, 0.25) is 5.91 Å². The minimum atomic E-state index is 0.385. The van der Waals surface area contributed by atoms with Crippen LogP contribution < -0.4 is 0 Å². The molecule has 0 N–H and O–H groups in total. The Labute approximate surface area is 111 Å². The van der Waals surface area contributed by atoms with Gasteiger partial charge < -0.3 is 4.90 Å². The van der Waals surface area contributed by atoms with E-state index in [-0.39, 0.29) is 0 Å².